The standard InChI is InChI=1S/C23H28N2O3S/c1-17-7-11-19(12-8-17)21(16-18-9-13-20(29-2)14-10-18)23(27)24-15-5-3-4-6-22(26)25-28/h7-14,16,28H,3-6,15H2,1-2H3,(H,24,27)(H,25,26)/b21-16-. The number of carbonyl (C=O) groups is 2. The van der Waals surface area contributed by atoms with Gasteiger partial charge in [-0.25, -0.2) is 5.48 Å². The highest BCUT2D eigenvalue weighted by Gasteiger charge is 2.12. The number of amides is 2. The van der Waals surface area contributed by atoms with Crippen LogP contribution in [0.1, 0.15) is 42.4 Å². The number of hydroxylamine groups is 1. The molecule has 0 radical (unpaired) electrons. The van der Waals surface area contributed by atoms with E-state index in [2.05, 4.69) is 5.32 Å². The molecule has 0 aliphatic heterocycles. The zero-order valence-corrected chi connectivity index (χ0v) is 17.7. The maximum Gasteiger partial charge on any atom is 0.251 e. The Morgan fingerprint density at radius 3 is 2.31 bits per heavy atom. The summed E-state index contributed by atoms with van der Waals surface area (Å²) in [5.74, 6) is -0.498. The van der Waals surface area contributed by atoms with Crippen molar-refractivity contribution in [1.82, 2.24) is 10.8 Å². The summed E-state index contributed by atoms with van der Waals surface area (Å²) >= 11 is 1.68. The largest absolute Gasteiger partial charge is 0.352 e. The summed E-state index contributed by atoms with van der Waals surface area (Å²) in [6, 6.07) is 16.0. The fourth-order valence-electron chi connectivity index (χ4n) is 2.82. The van der Waals surface area contributed by atoms with Gasteiger partial charge in [0, 0.05) is 23.4 Å². The minimum absolute atomic E-state index is 0.115. The number of hydrogen-bond donors (Lipinski definition) is 3. The van der Waals surface area contributed by atoms with Gasteiger partial charge in [-0.15, -0.1) is 11.8 Å². The lowest BCUT2D eigenvalue weighted by Crippen LogP contribution is -2.25. The minimum atomic E-state index is -0.383. The number of rotatable bonds is 10. The quantitative estimate of drug-likeness (QED) is 0.135. The Kier molecular flexibility index (Phi) is 9.47. The number of carbonyl (C=O) groups excluding carboxylic acids is 2. The zero-order valence-electron chi connectivity index (χ0n) is 16.9. The van der Waals surface area contributed by atoms with Gasteiger partial charge in [-0.3, -0.25) is 14.8 Å². The molecule has 0 spiro atoms. The van der Waals surface area contributed by atoms with Crippen molar-refractivity contribution in [3.8, 4) is 0 Å². The van der Waals surface area contributed by atoms with Crippen LogP contribution >= 0.6 is 11.8 Å². The van der Waals surface area contributed by atoms with Crippen molar-refractivity contribution in [2.45, 2.75) is 37.5 Å². The van der Waals surface area contributed by atoms with Crippen LogP contribution in [0.2, 0.25) is 0 Å². The summed E-state index contributed by atoms with van der Waals surface area (Å²) in [6.45, 7) is 2.56. The molecule has 0 saturated carbocycles. The predicted molar refractivity (Wildman–Crippen MR) is 119 cm³/mol. The first-order chi connectivity index (χ1) is 14.0. The Balaban J connectivity index is 2.04. The van der Waals surface area contributed by atoms with Crippen molar-refractivity contribution in [2.75, 3.05) is 12.8 Å². The van der Waals surface area contributed by atoms with Crippen LogP contribution in [-0.2, 0) is 9.59 Å². The first kappa shape index (κ1) is 22.7. The molecule has 2 rings (SSSR count). The van der Waals surface area contributed by atoms with E-state index in [0.29, 0.717) is 18.5 Å². The molecule has 0 saturated heterocycles. The number of unbranched alkanes of at least 4 members (excludes halogenated alkanes) is 2. The van der Waals surface area contributed by atoms with Crippen LogP contribution in [0.25, 0.3) is 11.6 Å². The molecule has 2 amide bonds. The molecule has 29 heavy (non-hydrogen) atoms. The highest BCUT2D eigenvalue weighted by molar-refractivity contribution is 7.98. The maximum atomic E-state index is 12.9. The number of hydrogen-bond acceptors (Lipinski definition) is 4. The van der Waals surface area contributed by atoms with E-state index in [0.717, 1.165) is 29.5 Å². The lowest BCUT2D eigenvalue weighted by molar-refractivity contribution is -0.129. The summed E-state index contributed by atoms with van der Waals surface area (Å²) in [5.41, 5.74) is 5.25. The number of nitrogens with one attached hydrogen (secondary N) is 2. The van der Waals surface area contributed by atoms with E-state index >= 15 is 0 Å². The first-order valence-electron chi connectivity index (χ1n) is 9.67. The average Bonchev–Trinajstić information content (AvgIpc) is 2.75. The molecule has 0 fully saturated rings. The molecule has 0 bridgehead atoms. The molecule has 0 aliphatic carbocycles. The average molecular weight is 413 g/mol. The zero-order chi connectivity index (χ0) is 21.1. The molecule has 0 atom stereocenters. The van der Waals surface area contributed by atoms with Crippen molar-refractivity contribution < 1.29 is 14.8 Å². The molecule has 2 aromatic rings. The van der Waals surface area contributed by atoms with Crippen molar-refractivity contribution in [1.29, 1.82) is 0 Å². The second kappa shape index (κ2) is 12.1. The van der Waals surface area contributed by atoms with Crippen molar-refractivity contribution in [3.05, 3.63) is 65.2 Å². The van der Waals surface area contributed by atoms with Crippen LogP contribution in [0.3, 0.4) is 0 Å². The molecular formula is C23H28N2O3S. The fraction of sp³-hybridized carbons (Fsp3) is 0.304. The molecule has 6 heteroatoms. The van der Waals surface area contributed by atoms with Crippen molar-refractivity contribution in [2.24, 2.45) is 0 Å². The number of benzene rings is 2. The van der Waals surface area contributed by atoms with Gasteiger partial charge >= 0.3 is 0 Å². The van der Waals surface area contributed by atoms with Gasteiger partial charge in [0.05, 0.1) is 0 Å². The topological polar surface area (TPSA) is 78.4 Å². The molecule has 154 valence electrons. The second-order valence-electron chi connectivity index (χ2n) is 6.80. The summed E-state index contributed by atoms with van der Waals surface area (Å²) < 4.78 is 0. The lowest BCUT2D eigenvalue weighted by Gasteiger charge is -2.10. The summed E-state index contributed by atoms with van der Waals surface area (Å²) in [5, 5.41) is 11.5. The molecule has 5 nitrogen and oxygen atoms in total. The van der Waals surface area contributed by atoms with E-state index < -0.39 is 0 Å². The molecule has 0 heterocycles. The van der Waals surface area contributed by atoms with Gasteiger partial charge < -0.3 is 5.32 Å². The van der Waals surface area contributed by atoms with Crippen LogP contribution < -0.4 is 10.8 Å². The Morgan fingerprint density at radius 2 is 1.69 bits per heavy atom. The van der Waals surface area contributed by atoms with E-state index in [4.69, 9.17) is 5.21 Å². The van der Waals surface area contributed by atoms with Crippen LogP contribution in [0.15, 0.2) is 53.4 Å². The van der Waals surface area contributed by atoms with Crippen LogP contribution in [-0.4, -0.2) is 29.8 Å². The second-order valence-corrected chi connectivity index (χ2v) is 7.68. The van der Waals surface area contributed by atoms with E-state index in [1.54, 1.807) is 17.2 Å². The van der Waals surface area contributed by atoms with Gasteiger partial charge in [0.1, 0.15) is 0 Å². The summed E-state index contributed by atoms with van der Waals surface area (Å²) in [7, 11) is 0. The van der Waals surface area contributed by atoms with Gasteiger partial charge in [0.15, 0.2) is 0 Å². The normalized spacial score (nSPS) is 11.2. The summed E-state index contributed by atoms with van der Waals surface area (Å²) in [4.78, 5) is 25.0. The first-order valence-corrected chi connectivity index (χ1v) is 10.9. The Morgan fingerprint density at radius 1 is 1.00 bits per heavy atom. The summed E-state index contributed by atoms with van der Waals surface area (Å²) in [6.07, 6.45) is 6.47. The predicted octanol–water partition coefficient (Wildman–Crippen LogP) is 4.44. The van der Waals surface area contributed by atoms with E-state index in [9.17, 15) is 9.59 Å². The fourth-order valence-corrected chi connectivity index (χ4v) is 3.23. The van der Waals surface area contributed by atoms with E-state index in [1.807, 2.05) is 67.8 Å². The van der Waals surface area contributed by atoms with E-state index in [1.165, 1.54) is 4.90 Å². The third-order valence-corrected chi connectivity index (χ3v) is 5.27. The maximum absolute atomic E-state index is 12.9. The lowest BCUT2D eigenvalue weighted by atomic mass is 10.0. The molecule has 3 N–H and O–H groups in total. The van der Waals surface area contributed by atoms with Crippen molar-refractivity contribution in [3.63, 3.8) is 0 Å². The third-order valence-electron chi connectivity index (χ3n) is 4.52. The highest BCUT2D eigenvalue weighted by atomic mass is 32.2. The van der Waals surface area contributed by atoms with Gasteiger partial charge in [-0.05, 0) is 55.4 Å². The van der Waals surface area contributed by atoms with Gasteiger partial charge in [-0.2, -0.15) is 0 Å². The molecule has 0 unspecified atom stereocenters. The monoisotopic (exact) mass is 412 g/mol. The van der Waals surface area contributed by atoms with Crippen LogP contribution in [0.5, 0.6) is 0 Å². The van der Waals surface area contributed by atoms with Gasteiger partial charge in [0.2, 0.25) is 5.91 Å². The Hall–Kier alpha value is -2.57. The molecule has 0 aromatic heterocycles. The number of aryl methyl sites for hydroxylation is 1. The van der Waals surface area contributed by atoms with Gasteiger partial charge in [0.25, 0.3) is 5.91 Å². The highest BCUT2D eigenvalue weighted by Crippen LogP contribution is 2.21. The van der Waals surface area contributed by atoms with Crippen LogP contribution in [0.4, 0.5) is 0 Å². The SMILES string of the molecule is CSc1ccc(/C=C(\C(=O)NCCCCCC(=O)NO)c2ccc(C)cc2)cc1. The van der Waals surface area contributed by atoms with Crippen molar-refractivity contribution >= 4 is 35.2 Å². The minimum Gasteiger partial charge on any atom is -0.352 e. The molecular weight excluding hydrogens is 384 g/mol. The molecule has 0 aliphatic rings. The third kappa shape index (κ3) is 7.75. The molecule has 2 aromatic carbocycles. The Labute approximate surface area is 176 Å². The van der Waals surface area contributed by atoms with Gasteiger partial charge in [-0.1, -0.05) is 48.4 Å². The Bertz CT molecular complexity index is 830. The van der Waals surface area contributed by atoms with E-state index in [-0.39, 0.29) is 18.2 Å². The van der Waals surface area contributed by atoms with Crippen LogP contribution in [0, 0.1) is 6.92 Å². The smallest absolute Gasteiger partial charge is 0.251 e. The number of thioether (sulfide) groups is 1.